The van der Waals surface area contributed by atoms with Crippen LogP contribution in [0.25, 0.3) is 0 Å². The Kier molecular flexibility index (Phi) is 5.56. The second-order valence-corrected chi connectivity index (χ2v) is 7.75. The smallest absolute Gasteiger partial charge is 0.197 e. The van der Waals surface area contributed by atoms with Crippen LogP contribution in [0.5, 0.6) is 0 Å². The van der Waals surface area contributed by atoms with Gasteiger partial charge in [0.1, 0.15) is 0 Å². The van der Waals surface area contributed by atoms with Crippen molar-refractivity contribution in [3.05, 3.63) is 0 Å². The van der Waals surface area contributed by atoms with Gasteiger partial charge in [-0.3, -0.25) is 4.99 Å². The first-order valence-electron chi connectivity index (χ1n) is 9.00. The average molecular weight is 293 g/mol. The summed E-state index contributed by atoms with van der Waals surface area (Å²) in [5.41, 5.74) is 0. The van der Waals surface area contributed by atoms with E-state index in [1.54, 1.807) is 0 Å². The van der Waals surface area contributed by atoms with Crippen LogP contribution in [-0.4, -0.2) is 47.0 Å². The number of hydrogen-bond acceptors (Lipinski definition) is 1. The SMILES string of the molecule is CC1CCCCCC2C(C1)N(C)/C(=N\C(C)C)N2C(C)C. The molecule has 122 valence electrons. The molecule has 1 saturated carbocycles. The van der Waals surface area contributed by atoms with Crippen LogP contribution in [0.15, 0.2) is 4.99 Å². The van der Waals surface area contributed by atoms with E-state index in [0.29, 0.717) is 24.2 Å². The minimum Gasteiger partial charge on any atom is -0.341 e. The molecular formula is C18H35N3. The van der Waals surface area contributed by atoms with Gasteiger partial charge >= 0.3 is 0 Å². The normalized spacial score (nSPS) is 33.3. The third-order valence-corrected chi connectivity index (χ3v) is 5.12. The lowest BCUT2D eigenvalue weighted by Crippen LogP contribution is -2.42. The van der Waals surface area contributed by atoms with Gasteiger partial charge in [0.15, 0.2) is 5.96 Å². The molecule has 1 aliphatic carbocycles. The van der Waals surface area contributed by atoms with Crippen molar-refractivity contribution in [3.8, 4) is 0 Å². The molecule has 2 aliphatic rings. The van der Waals surface area contributed by atoms with Crippen molar-refractivity contribution in [2.24, 2.45) is 10.9 Å². The highest BCUT2D eigenvalue weighted by Crippen LogP contribution is 2.34. The van der Waals surface area contributed by atoms with Crippen molar-refractivity contribution in [3.63, 3.8) is 0 Å². The standard InChI is InChI=1S/C18H35N3/c1-13(2)19-18-20(6)17-12-15(5)10-8-7-9-11-16(17)21(18)14(3)4/h13-17H,7-12H2,1-6H3/b19-18+. The Hall–Kier alpha value is -0.730. The van der Waals surface area contributed by atoms with Gasteiger partial charge in [-0.25, -0.2) is 0 Å². The van der Waals surface area contributed by atoms with Crippen LogP contribution in [0.4, 0.5) is 0 Å². The first kappa shape index (κ1) is 16.6. The molecule has 0 N–H and O–H groups in total. The number of aliphatic imine (C=N–C) groups is 1. The van der Waals surface area contributed by atoms with Crippen LogP contribution in [0.1, 0.15) is 73.1 Å². The lowest BCUT2D eigenvalue weighted by molar-refractivity contribution is 0.213. The highest BCUT2D eigenvalue weighted by molar-refractivity contribution is 5.83. The van der Waals surface area contributed by atoms with Gasteiger partial charge < -0.3 is 9.80 Å². The fourth-order valence-electron chi connectivity index (χ4n) is 4.12. The number of nitrogens with zero attached hydrogens (tertiary/aromatic N) is 3. The van der Waals surface area contributed by atoms with Gasteiger partial charge in [-0.2, -0.15) is 0 Å². The van der Waals surface area contributed by atoms with Gasteiger partial charge in [0.05, 0.1) is 12.1 Å². The molecule has 0 aromatic carbocycles. The maximum absolute atomic E-state index is 4.96. The van der Waals surface area contributed by atoms with E-state index in [9.17, 15) is 0 Å². The van der Waals surface area contributed by atoms with Crippen molar-refractivity contribution in [1.29, 1.82) is 0 Å². The zero-order chi connectivity index (χ0) is 15.6. The molecule has 3 unspecified atom stereocenters. The van der Waals surface area contributed by atoms with E-state index in [2.05, 4.69) is 51.5 Å². The van der Waals surface area contributed by atoms with Gasteiger partial charge in [-0.15, -0.1) is 0 Å². The first-order chi connectivity index (χ1) is 9.91. The first-order valence-corrected chi connectivity index (χ1v) is 9.00. The van der Waals surface area contributed by atoms with Crippen LogP contribution >= 0.6 is 0 Å². The van der Waals surface area contributed by atoms with E-state index in [1.165, 1.54) is 44.5 Å². The highest BCUT2D eigenvalue weighted by Gasteiger charge is 2.43. The molecule has 3 atom stereocenters. The average Bonchev–Trinajstić information content (AvgIpc) is 2.67. The summed E-state index contributed by atoms with van der Waals surface area (Å²) in [6.45, 7) is 11.5. The Balaban J connectivity index is 2.31. The second kappa shape index (κ2) is 7.02. The molecule has 0 spiro atoms. The minimum absolute atomic E-state index is 0.369. The summed E-state index contributed by atoms with van der Waals surface area (Å²) in [7, 11) is 2.27. The van der Waals surface area contributed by atoms with E-state index in [-0.39, 0.29) is 0 Å². The van der Waals surface area contributed by atoms with E-state index in [1.807, 2.05) is 0 Å². The Morgan fingerprint density at radius 1 is 1.00 bits per heavy atom. The van der Waals surface area contributed by atoms with E-state index >= 15 is 0 Å². The predicted molar refractivity (Wildman–Crippen MR) is 91.8 cm³/mol. The van der Waals surface area contributed by atoms with Crippen LogP contribution < -0.4 is 0 Å². The molecule has 1 saturated heterocycles. The Morgan fingerprint density at radius 3 is 2.29 bits per heavy atom. The molecule has 2 fully saturated rings. The Bertz CT molecular complexity index is 361. The van der Waals surface area contributed by atoms with E-state index in [4.69, 9.17) is 4.99 Å². The third-order valence-electron chi connectivity index (χ3n) is 5.12. The largest absolute Gasteiger partial charge is 0.341 e. The summed E-state index contributed by atoms with van der Waals surface area (Å²) in [6, 6.07) is 2.22. The molecule has 0 amide bonds. The maximum atomic E-state index is 4.96. The van der Waals surface area contributed by atoms with Gasteiger partial charge in [0, 0.05) is 19.1 Å². The molecule has 2 rings (SSSR count). The quantitative estimate of drug-likeness (QED) is 0.762. The lowest BCUT2D eigenvalue weighted by Gasteiger charge is -2.31. The van der Waals surface area contributed by atoms with Crippen LogP contribution in [0.2, 0.25) is 0 Å². The fraction of sp³-hybridized carbons (Fsp3) is 0.944. The minimum atomic E-state index is 0.369. The molecule has 0 bridgehead atoms. The molecule has 3 heteroatoms. The zero-order valence-corrected chi connectivity index (χ0v) is 15.0. The summed E-state index contributed by atoms with van der Waals surface area (Å²) in [4.78, 5) is 10.1. The molecule has 0 aromatic heterocycles. The van der Waals surface area contributed by atoms with Crippen LogP contribution in [0, 0.1) is 5.92 Å². The summed E-state index contributed by atoms with van der Waals surface area (Å²) in [5, 5.41) is 0. The molecule has 0 radical (unpaired) electrons. The third kappa shape index (κ3) is 3.73. The van der Waals surface area contributed by atoms with Crippen molar-refractivity contribution in [2.45, 2.75) is 97.3 Å². The van der Waals surface area contributed by atoms with E-state index in [0.717, 1.165) is 5.92 Å². The fourth-order valence-corrected chi connectivity index (χ4v) is 4.12. The van der Waals surface area contributed by atoms with Crippen molar-refractivity contribution < 1.29 is 0 Å². The summed E-state index contributed by atoms with van der Waals surface area (Å²) in [5.74, 6) is 2.08. The number of likely N-dealkylation sites (N-methyl/N-ethyl adjacent to an activating group) is 1. The topological polar surface area (TPSA) is 18.8 Å². The molecule has 0 aromatic rings. The zero-order valence-electron chi connectivity index (χ0n) is 15.0. The maximum Gasteiger partial charge on any atom is 0.197 e. The summed E-state index contributed by atoms with van der Waals surface area (Å²) < 4.78 is 0. The predicted octanol–water partition coefficient (Wildman–Crippen LogP) is 4.13. The number of guanidine groups is 1. The van der Waals surface area contributed by atoms with Crippen molar-refractivity contribution in [1.82, 2.24) is 9.80 Å². The highest BCUT2D eigenvalue weighted by atomic mass is 15.5. The molecule has 3 nitrogen and oxygen atoms in total. The summed E-state index contributed by atoms with van der Waals surface area (Å²) in [6.07, 6.45) is 8.24. The van der Waals surface area contributed by atoms with Crippen LogP contribution in [-0.2, 0) is 0 Å². The summed E-state index contributed by atoms with van der Waals surface area (Å²) >= 11 is 0. The number of rotatable bonds is 2. The molecule has 1 aliphatic heterocycles. The number of hydrogen-bond donors (Lipinski definition) is 0. The van der Waals surface area contributed by atoms with Crippen molar-refractivity contribution >= 4 is 5.96 Å². The van der Waals surface area contributed by atoms with Gasteiger partial charge in [0.2, 0.25) is 0 Å². The van der Waals surface area contributed by atoms with Crippen molar-refractivity contribution in [2.75, 3.05) is 7.05 Å². The Morgan fingerprint density at radius 2 is 1.67 bits per heavy atom. The molecular weight excluding hydrogens is 258 g/mol. The second-order valence-electron chi connectivity index (χ2n) is 7.75. The van der Waals surface area contributed by atoms with Gasteiger partial charge in [0.25, 0.3) is 0 Å². The Labute approximate surface area is 131 Å². The van der Waals surface area contributed by atoms with Gasteiger partial charge in [-0.1, -0.05) is 32.6 Å². The monoisotopic (exact) mass is 293 g/mol. The molecule has 21 heavy (non-hydrogen) atoms. The van der Waals surface area contributed by atoms with Gasteiger partial charge in [-0.05, 0) is 46.5 Å². The van der Waals surface area contributed by atoms with E-state index < -0.39 is 0 Å². The number of fused-ring (bicyclic) bond motifs is 1. The molecule has 1 heterocycles. The lowest BCUT2D eigenvalue weighted by atomic mass is 9.93. The van der Waals surface area contributed by atoms with Crippen LogP contribution in [0.3, 0.4) is 0 Å².